The fourth-order valence-electron chi connectivity index (χ4n) is 3.03. The van der Waals surface area contributed by atoms with Gasteiger partial charge < -0.3 is 18.9 Å². The molecule has 0 radical (unpaired) electrons. The number of rotatable bonds is 5. The minimum Gasteiger partial charge on any atom is -0.463 e. The summed E-state index contributed by atoms with van der Waals surface area (Å²) < 4.78 is 22.9. The largest absolute Gasteiger partial charge is 0.463 e. The Kier molecular flexibility index (Phi) is 6.25. The second kappa shape index (κ2) is 8.52. The van der Waals surface area contributed by atoms with Crippen molar-refractivity contribution in [3.63, 3.8) is 0 Å². The molecule has 0 N–H and O–H groups in total. The second-order valence-electron chi connectivity index (χ2n) is 6.27. The maximum Gasteiger partial charge on any atom is 0.303 e. The summed E-state index contributed by atoms with van der Waals surface area (Å²) in [6.45, 7) is 3.40. The number of fused-ring (bicyclic) bond motifs is 1. The molecule has 2 aromatic heterocycles. The lowest BCUT2D eigenvalue weighted by Gasteiger charge is -2.23. The normalized spacial score (nSPS) is 23.8. The first kappa shape index (κ1) is 21.3. The van der Waals surface area contributed by atoms with E-state index in [2.05, 4.69) is 10.1 Å². The summed E-state index contributed by atoms with van der Waals surface area (Å²) in [4.78, 5) is 38.7. The molecule has 0 aromatic carbocycles. The van der Waals surface area contributed by atoms with E-state index in [1.165, 1.54) is 37.7 Å². The van der Waals surface area contributed by atoms with Crippen molar-refractivity contribution < 1.29 is 33.3 Å². The summed E-state index contributed by atoms with van der Waals surface area (Å²) in [5.74, 6) is -1.81. The lowest BCUT2D eigenvalue weighted by atomic mass is 10.1. The van der Waals surface area contributed by atoms with Gasteiger partial charge in [0, 0.05) is 20.8 Å². The Bertz CT molecular complexity index is 964. The Morgan fingerprint density at radius 2 is 1.76 bits per heavy atom. The number of carbonyl (C=O) groups is 3. The van der Waals surface area contributed by atoms with Crippen LogP contribution in [-0.4, -0.2) is 57.6 Å². The highest BCUT2D eigenvalue weighted by Crippen LogP contribution is 2.36. The Morgan fingerprint density at radius 1 is 1.10 bits per heavy atom. The molecule has 3 heterocycles. The van der Waals surface area contributed by atoms with Gasteiger partial charge in [-0.25, -0.2) is 9.67 Å². The van der Waals surface area contributed by atoms with Crippen molar-refractivity contribution in [3.8, 4) is 0 Å². The van der Waals surface area contributed by atoms with Crippen LogP contribution in [0.15, 0.2) is 12.3 Å². The molecule has 1 saturated heterocycles. The van der Waals surface area contributed by atoms with Crippen LogP contribution in [0.5, 0.6) is 0 Å². The van der Waals surface area contributed by atoms with Crippen LogP contribution in [0.1, 0.15) is 27.0 Å². The molecular weight excluding hydrogens is 429 g/mol. The predicted octanol–water partition coefficient (Wildman–Crippen LogP) is 2.06. The summed E-state index contributed by atoms with van der Waals surface area (Å²) >= 11 is 12.2. The number of hydrogen-bond acceptors (Lipinski definition) is 9. The first-order chi connectivity index (χ1) is 13.7. The molecule has 10 nitrogen and oxygen atoms in total. The molecule has 156 valence electrons. The fraction of sp³-hybridized carbons (Fsp3) is 0.471. The van der Waals surface area contributed by atoms with Crippen LogP contribution >= 0.6 is 23.2 Å². The molecule has 2 aromatic rings. The molecule has 29 heavy (non-hydrogen) atoms. The minimum absolute atomic E-state index is 0.124. The van der Waals surface area contributed by atoms with Gasteiger partial charge in [0.1, 0.15) is 17.9 Å². The number of aromatic nitrogens is 3. The van der Waals surface area contributed by atoms with Gasteiger partial charge in [0.25, 0.3) is 0 Å². The summed E-state index contributed by atoms with van der Waals surface area (Å²) in [6, 6.07) is 1.46. The van der Waals surface area contributed by atoms with Crippen LogP contribution in [0.25, 0.3) is 11.0 Å². The van der Waals surface area contributed by atoms with Crippen molar-refractivity contribution in [1.29, 1.82) is 0 Å². The van der Waals surface area contributed by atoms with Crippen molar-refractivity contribution in [2.75, 3.05) is 6.61 Å². The molecule has 1 aliphatic rings. The zero-order valence-electron chi connectivity index (χ0n) is 15.6. The van der Waals surface area contributed by atoms with Crippen molar-refractivity contribution >= 4 is 52.1 Å². The van der Waals surface area contributed by atoms with Gasteiger partial charge in [0.2, 0.25) is 0 Å². The van der Waals surface area contributed by atoms with E-state index in [1.54, 1.807) is 0 Å². The van der Waals surface area contributed by atoms with E-state index in [4.69, 9.17) is 42.1 Å². The van der Waals surface area contributed by atoms with E-state index in [0.29, 0.717) is 10.4 Å². The highest BCUT2D eigenvalue weighted by Gasteiger charge is 2.51. The van der Waals surface area contributed by atoms with Crippen LogP contribution in [0.3, 0.4) is 0 Å². The molecule has 0 amide bonds. The second-order valence-corrected chi connectivity index (χ2v) is 7.06. The summed E-state index contributed by atoms with van der Waals surface area (Å²) in [6.07, 6.45) is -2.63. The molecule has 0 bridgehead atoms. The van der Waals surface area contributed by atoms with Gasteiger partial charge in [-0.05, 0) is 6.07 Å². The predicted molar refractivity (Wildman–Crippen MR) is 99.2 cm³/mol. The van der Waals surface area contributed by atoms with E-state index in [-0.39, 0.29) is 17.4 Å². The van der Waals surface area contributed by atoms with Crippen LogP contribution < -0.4 is 0 Å². The number of esters is 3. The standard InChI is InChI=1S/C17H17Cl2N3O7/c1-7(23)26-6-12-14(27-8(2)24)15(28-9(3)25)17(29-12)22-16-10(5-20-22)11(18)4-13(19)21-16/h4-5,12,14-15,17H,6H2,1-3H3/t12-,14-,15-,17-/m1/s1. The van der Waals surface area contributed by atoms with Crippen molar-refractivity contribution in [2.45, 2.75) is 45.3 Å². The summed E-state index contributed by atoms with van der Waals surface area (Å²) in [5, 5.41) is 5.17. The number of ether oxygens (including phenoxy) is 4. The molecule has 0 saturated carbocycles. The highest BCUT2D eigenvalue weighted by molar-refractivity contribution is 6.37. The Morgan fingerprint density at radius 3 is 2.38 bits per heavy atom. The number of pyridine rings is 1. The van der Waals surface area contributed by atoms with Crippen LogP contribution in [0.4, 0.5) is 0 Å². The zero-order chi connectivity index (χ0) is 21.3. The topological polar surface area (TPSA) is 119 Å². The van der Waals surface area contributed by atoms with E-state index in [0.717, 1.165) is 0 Å². The molecule has 0 aliphatic carbocycles. The first-order valence-corrected chi connectivity index (χ1v) is 9.25. The van der Waals surface area contributed by atoms with Crippen LogP contribution in [0, 0.1) is 0 Å². The lowest BCUT2D eigenvalue weighted by Crippen LogP contribution is -2.40. The maximum absolute atomic E-state index is 11.7. The Hall–Kier alpha value is -2.43. The van der Waals surface area contributed by atoms with E-state index >= 15 is 0 Å². The van der Waals surface area contributed by atoms with Crippen molar-refractivity contribution in [2.24, 2.45) is 0 Å². The van der Waals surface area contributed by atoms with E-state index < -0.39 is 42.4 Å². The Balaban J connectivity index is 2.04. The summed E-state index contributed by atoms with van der Waals surface area (Å²) in [7, 11) is 0. The number of carbonyl (C=O) groups excluding carboxylic acids is 3. The van der Waals surface area contributed by atoms with Gasteiger partial charge in [0.15, 0.2) is 24.1 Å². The molecule has 0 spiro atoms. The van der Waals surface area contributed by atoms with Gasteiger partial charge in [-0.3, -0.25) is 14.4 Å². The molecule has 12 heteroatoms. The molecule has 4 atom stereocenters. The highest BCUT2D eigenvalue weighted by atomic mass is 35.5. The molecule has 0 unspecified atom stereocenters. The van der Waals surface area contributed by atoms with Crippen LogP contribution in [-0.2, 0) is 33.3 Å². The zero-order valence-corrected chi connectivity index (χ0v) is 17.1. The van der Waals surface area contributed by atoms with E-state index in [9.17, 15) is 14.4 Å². The van der Waals surface area contributed by atoms with Crippen molar-refractivity contribution in [3.05, 3.63) is 22.4 Å². The Labute approximate surface area is 174 Å². The van der Waals surface area contributed by atoms with E-state index in [1.807, 2.05) is 0 Å². The fourth-order valence-corrected chi connectivity index (χ4v) is 3.51. The van der Waals surface area contributed by atoms with Gasteiger partial charge in [-0.15, -0.1) is 0 Å². The van der Waals surface area contributed by atoms with Gasteiger partial charge in [0.05, 0.1) is 16.6 Å². The van der Waals surface area contributed by atoms with Crippen LogP contribution in [0.2, 0.25) is 10.2 Å². The number of nitrogens with zero attached hydrogens (tertiary/aromatic N) is 3. The quantitative estimate of drug-likeness (QED) is 0.386. The number of hydrogen-bond donors (Lipinski definition) is 0. The number of halogens is 2. The smallest absolute Gasteiger partial charge is 0.303 e. The first-order valence-electron chi connectivity index (χ1n) is 8.50. The minimum atomic E-state index is -1.08. The van der Waals surface area contributed by atoms with Crippen molar-refractivity contribution in [1.82, 2.24) is 14.8 Å². The molecule has 3 rings (SSSR count). The average Bonchev–Trinajstić information content (AvgIpc) is 3.15. The monoisotopic (exact) mass is 445 g/mol. The third-order valence-electron chi connectivity index (χ3n) is 4.07. The van der Waals surface area contributed by atoms with Gasteiger partial charge >= 0.3 is 17.9 Å². The third kappa shape index (κ3) is 4.60. The summed E-state index contributed by atoms with van der Waals surface area (Å²) in [5.41, 5.74) is 0.277. The van der Waals surface area contributed by atoms with Gasteiger partial charge in [-0.2, -0.15) is 5.10 Å². The molecule has 1 aliphatic heterocycles. The maximum atomic E-state index is 11.7. The third-order valence-corrected chi connectivity index (χ3v) is 4.57. The molecule has 1 fully saturated rings. The van der Waals surface area contributed by atoms with Gasteiger partial charge in [-0.1, -0.05) is 23.2 Å². The lowest BCUT2D eigenvalue weighted by molar-refractivity contribution is -0.166. The SMILES string of the molecule is CC(=O)OC[C@H]1O[C@@H](n2ncc3c(Cl)cc(Cl)nc32)[C@H](OC(C)=O)[C@@H]1OC(C)=O. The average molecular weight is 446 g/mol. The molecular formula is C17H17Cl2N3O7.